The van der Waals surface area contributed by atoms with E-state index >= 15 is 0 Å². The number of hydrogen-bond acceptors (Lipinski definition) is 5. The van der Waals surface area contributed by atoms with Crippen LogP contribution in [0.15, 0.2) is 30.9 Å². The molecule has 2 aromatic rings. The van der Waals surface area contributed by atoms with E-state index in [1.54, 1.807) is 29.3 Å². The molecule has 0 fully saturated rings. The minimum Gasteiger partial charge on any atom is -0.480 e. The smallest absolute Gasteiger partial charge is 0.326 e. The van der Waals surface area contributed by atoms with E-state index in [1.807, 2.05) is 13.8 Å². The molecule has 0 aliphatic heterocycles. The van der Waals surface area contributed by atoms with E-state index in [-0.39, 0.29) is 5.92 Å². The SMILES string of the molecule is CC(C)C[C@H](Nc1cncc(-n2cccn2)n1)C(=O)O. The lowest BCUT2D eigenvalue weighted by atomic mass is 10.0. The third kappa shape index (κ3) is 3.53. The minimum atomic E-state index is -0.898. The quantitative estimate of drug-likeness (QED) is 0.831. The van der Waals surface area contributed by atoms with Gasteiger partial charge in [-0.1, -0.05) is 13.8 Å². The number of carbonyl (C=O) groups is 1. The first-order valence-corrected chi connectivity index (χ1v) is 6.37. The Morgan fingerprint density at radius 3 is 2.85 bits per heavy atom. The molecule has 0 aliphatic rings. The average Bonchev–Trinajstić information content (AvgIpc) is 2.91. The summed E-state index contributed by atoms with van der Waals surface area (Å²) in [4.78, 5) is 19.6. The fourth-order valence-corrected chi connectivity index (χ4v) is 1.81. The summed E-state index contributed by atoms with van der Waals surface area (Å²) in [6, 6.07) is 1.10. The maximum Gasteiger partial charge on any atom is 0.326 e. The van der Waals surface area contributed by atoms with Crippen LogP contribution in [-0.2, 0) is 4.79 Å². The molecule has 0 radical (unpaired) electrons. The summed E-state index contributed by atoms with van der Waals surface area (Å²) in [7, 11) is 0. The van der Waals surface area contributed by atoms with Gasteiger partial charge in [-0.05, 0) is 18.4 Å². The van der Waals surface area contributed by atoms with Crippen molar-refractivity contribution in [2.24, 2.45) is 5.92 Å². The van der Waals surface area contributed by atoms with Crippen LogP contribution in [0.1, 0.15) is 20.3 Å². The summed E-state index contributed by atoms with van der Waals surface area (Å²) in [6.07, 6.45) is 6.97. The zero-order chi connectivity index (χ0) is 14.5. The van der Waals surface area contributed by atoms with E-state index in [1.165, 1.54) is 6.20 Å². The van der Waals surface area contributed by atoms with Crippen LogP contribution in [0, 0.1) is 5.92 Å². The van der Waals surface area contributed by atoms with E-state index in [4.69, 9.17) is 0 Å². The number of nitrogens with one attached hydrogen (secondary N) is 1. The van der Waals surface area contributed by atoms with E-state index in [0.29, 0.717) is 18.1 Å². The number of rotatable bonds is 6. The van der Waals surface area contributed by atoms with Gasteiger partial charge >= 0.3 is 5.97 Å². The molecule has 0 bridgehead atoms. The molecule has 0 unspecified atom stereocenters. The lowest BCUT2D eigenvalue weighted by molar-refractivity contribution is -0.138. The van der Waals surface area contributed by atoms with Crippen molar-refractivity contribution in [1.82, 2.24) is 19.7 Å². The second-order valence-corrected chi connectivity index (χ2v) is 4.88. The van der Waals surface area contributed by atoms with Crippen LogP contribution in [0.4, 0.5) is 5.82 Å². The van der Waals surface area contributed by atoms with E-state index in [2.05, 4.69) is 20.4 Å². The molecule has 106 valence electrons. The van der Waals surface area contributed by atoms with Gasteiger partial charge in [-0.2, -0.15) is 5.10 Å². The number of aromatic nitrogens is 4. The summed E-state index contributed by atoms with van der Waals surface area (Å²) < 4.78 is 1.57. The highest BCUT2D eigenvalue weighted by molar-refractivity contribution is 5.76. The molecule has 2 N–H and O–H groups in total. The van der Waals surface area contributed by atoms with Crippen LogP contribution >= 0.6 is 0 Å². The molecular weight excluding hydrogens is 258 g/mol. The topological polar surface area (TPSA) is 92.9 Å². The molecular formula is C13H17N5O2. The monoisotopic (exact) mass is 275 g/mol. The van der Waals surface area contributed by atoms with Crippen LogP contribution in [0.2, 0.25) is 0 Å². The van der Waals surface area contributed by atoms with Gasteiger partial charge in [-0.3, -0.25) is 4.98 Å². The fourth-order valence-electron chi connectivity index (χ4n) is 1.81. The first-order valence-electron chi connectivity index (χ1n) is 6.37. The van der Waals surface area contributed by atoms with Crippen molar-refractivity contribution in [3.63, 3.8) is 0 Å². The lowest BCUT2D eigenvalue weighted by Gasteiger charge is -2.17. The van der Waals surface area contributed by atoms with Crippen LogP contribution in [0.3, 0.4) is 0 Å². The number of nitrogens with zero attached hydrogens (tertiary/aromatic N) is 4. The first-order chi connectivity index (χ1) is 9.56. The van der Waals surface area contributed by atoms with E-state index < -0.39 is 12.0 Å². The average molecular weight is 275 g/mol. The molecule has 0 spiro atoms. The number of aliphatic carboxylic acids is 1. The maximum absolute atomic E-state index is 11.2. The van der Waals surface area contributed by atoms with Crippen molar-refractivity contribution in [3.8, 4) is 5.82 Å². The Bertz CT molecular complexity index is 568. The highest BCUT2D eigenvalue weighted by Crippen LogP contribution is 2.12. The highest BCUT2D eigenvalue weighted by atomic mass is 16.4. The largest absolute Gasteiger partial charge is 0.480 e. The number of carboxylic acid groups (broad SMARTS) is 1. The number of carboxylic acids is 1. The van der Waals surface area contributed by atoms with Gasteiger partial charge < -0.3 is 10.4 Å². The lowest BCUT2D eigenvalue weighted by Crippen LogP contribution is -2.31. The highest BCUT2D eigenvalue weighted by Gasteiger charge is 2.19. The molecule has 0 amide bonds. The van der Waals surface area contributed by atoms with Gasteiger partial charge in [0, 0.05) is 12.4 Å². The van der Waals surface area contributed by atoms with Crippen molar-refractivity contribution in [3.05, 3.63) is 30.9 Å². The maximum atomic E-state index is 11.2. The fraction of sp³-hybridized carbons (Fsp3) is 0.385. The van der Waals surface area contributed by atoms with Gasteiger partial charge in [0.25, 0.3) is 0 Å². The van der Waals surface area contributed by atoms with E-state index in [9.17, 15) is 9.90 Å². The summed E-state index contributed by atoms with van der Waals surface area (Å²) in [5.74, 6) is 0.329. The Morgan fingerprint density at radius 1 is 1.45 bits per heavy atom. The van der Waals surface area contributed by atoms with Gasteiger partial charge in [-0.25, -0.2) is 14.5 Å². The molecule has 0 aromatic carbocycles. The second-order valence-electron chi connectivity index (χ2n) is 4.88. The molecule has 1 atom stereocenters. The third-order valence-corrected chi connectivity index (χ3v) is 2.69. The molecule has 0 aliphatic carbocycles. The predicted molar refractivity (Wildman–Crippen MR) is 73.7 cm³/mol. The third-order valence-electron chi connectivity index (χ3n) is 2.69. The molecule has 2 rings (SSSR count). The predicted octanol–water partition coefficient (Wildman–Crippen LogP) is 1.57. The molecule has 2 heterocycles. The molecule has 7 heteroatoms. The standard InChI is InChI=1S/C13H17N5O2/c1-9(2)6-10(13(19)20)16-11-7-14-8-12(17-11)18-5-3-4-15-18/h3-5,7-10H,6H2,1-2H3,(H,16,17)(H,19,20)/t10-/m0/s1. The number of anilines is 1. The van der Waals surface area contributed by atoms with Crippen LogP contribution in [-0.4, -0.2) is 36.9 Å². The summed E-state index contributed by atoms with van der Waals surface area (Å²) in [6.45, 7) is 3.95. The van der Waals surface area contributed by atoms with Gasteiger partial charge in [0.1, 0.15) is 11.9 Å². The Labute approximate surface area is 116 Å². The Hall–Kier alpha value is -2.44. The van der Waals surface area contributed by atoms with Crippen molar-refractivity contribution >= 4 is 11.8 Å². The Morgan fingerprint density at radius 2 is 2.25 bits per heavy atom. The van der Waals surface area contributed by atoms with Crippen molar-refractivity contribution in [2.45, 2.75) is 26.3 Å². The molecule has 2 aromatic heterocycles. The minimum absolute atomic E-state index is 0.269. The van der Waals surface area contributed by atoms with Gasteiger partial charge in [-0.15, -0.1) is 0 Å². The van der Waals surface area contributed by atoms with Crippen molar-refractivity contribution < 1.29 is 9.90 Å². The first kappa shape index (κ1) is 14.0. The zero-order valence-corrected chi connectivity index (χ0v) is 11.4. The van der Waals surface area contributed by atoms with Crippen molar-refractivity contribution in [2.75, 3.05) is 5.32 Å². The van der Waals surface area contributed by atoms with Gasteiger partial charge in [0.2, 0.25) is 0 Å². The molecule has 20 heavy (non-hydrogen) atoms. The van der Waals surface area contributed by atoms with Gasteiger partial charge in [0.15, 0.2) is 5.82 Å². The zero-order valence-electron chi connectivity index (χ0n) is 11.4. The van der Waals surface area contributed by atoms with Crippen molar-refractivity contribution in [1.29, 1.82) is 0 Å². The normalized spacial score (nSPS) is 12.3. The Kier molecular flexibility index (Phi) is 4.29. The second kappa shape index (κ2) is 6.14. The summed E-state index contributed by atoms with van der Waals surface area (Å²) in [5.41, 5.74) is 0. The van der Waals surface area contributed by atoms with Crippen LogP contribution in [0.25, 0.3) is 5.82 Å². The molecule has 0 saturated heterocycles. The van der Waals surface area contributed by atoms with Crippen LogP contribution in [0.5, 0.6) is 0 Å². The van der Waals surface area contributed by atoms with E-state index in [0.717, 1.165) is 0 Å². The Balaban J connectivity index is 2.16. The van der Waals surface area contributed by atoms with Gasteiger partial charge in [0.05, 0.1) is 12.4 Å². The molecule has 7 nitrogen and oxygen atoms in total. The number of hydrogen-bond donors (Lipinski definition) is 2. The summed E-state index contributed by atoms with van der Waals surface area (Å²) in [5, 5.41) is 16.2. The van der Waals surface area contributed by atoms with Crippen LogP contribution < -0.4 is 5.32 Å². The summed E-state index contributed by atoms with van der Waals surface area (Å²) >= 11 is 0. The molecule has 0 saturated carbocycles.